The third kappa shape index (κ3) is 5.02. The molecular formula is C14H17F2NO4. The van der Waals surface area contributed by atoms with Gasteiger partial charge in [0, 0.05) is 5.69 Å². The number of anilines is 1. The van der Waals surface area contributed by atoms with E-state index in [1.807, 2.05) is 0 Å². The first kappa shape index (κ1) is 16.9. The molecule has 0 bridgehead atoms. The molecule has 21 heavy (non-hydrogen) atoms. The van der Waals surface area contributed by atoms with E-state index < -0.39 is 23.9 Å². The van der Waals surface area contributed by atoms with Crippen LogP contribution in [0.5, 0.6) is 5.75 Å². The molecule has 1 rings (SSSR count). The van der Waals surface area contributed by atoms with Gasteiger partial charge in [0.05, 0.1) is 12.7 Å². The van der Waals surface area contributed by atoms with Crippen LogP contribution in [0.4, 0.5) is 19.3 Å². The van der Waals surface area contributed by atoms with E-state index >= 15 is 0 Å². The second-order valence-corrected chi connectivity index (χ2v) is 5.21. The summed E-state index contributed by atoms with van der Waals surface area (Å²) in [6.45, 7) is 5.06. The number of nitrogens with one attached hydrogen (secondary N) is 1. The smallest absolute Gasteiger partial charge is 0.412 e. The molecule has 0 saturated heterocycles. The maximum atomic E-state index is 12.5. The normalized spacial score (nSPS) is 11.2. The van der Waals surface area contributed by atoms with Crippen molar-refractivity contribution in [1.82, 2.24) is 0 Å². The second-order valence-electron chi connectivity index (χ2n) is 5.21. The molecule has 1 aromatic rings. The van der Waals surface area contributed by atoms with Gasteiger partial charge < -0.3 is 9.47 Å². The van der Waals surface area contributed by atoms with Crippen LogP contribution in [0.1, 0.15) is 31.1 Å². The third-order valence-corrected chi connectivity index (χ3v) is 2.31. The highest BCUT2D eigenvalue weighted by Crippen LogP contribution is 2.25. The molecular weight excluding hydrogens is 284 g/mol. The lowest BCUT2D eigenvalue weighted by Crippen LogP contribution is -2.27. The average Bonchev–Trinajstić information content (AvgIpc) is 2.35. The molecule has 0 aliphatic rings. The fourth-order valence-electron chi connectivity index (χ4n) is 1.52. The molecule has 1 N–H and O–H groups in total. The number of halogens is 2. The van der Waals surface area contributed by atoms with Crippen molar-refractivity contribution >= 4 is 17.6 Å². The van der Waals surface area contributed by atoms with Gasteiger partial charge in [0.2, 0.25) is 5.78 Å². The van der Waals surface area contributed by atoms with Gasteiger partial charge >= 0.3 is 12.5 Å². The van der Waals surface area contributed by atoms with E-state index in [9.17, 15) is 18.4 Å². The van der Waals surface area contributed by atoms with Crippen molar-refractivity contribution in [3.05, 3.63) is 23.8 Å². The van der Waals surface area contributed by atoms with Crippen LogP contribution in [-0.2, 0) is 4.74 Å². The number of ether oxygens (including phenoxy) is 2. The zero-order valence-electron chi connectivity index (χ0n) is 12.2. The Morgan fingerprint density at radius 3 is 2.33 bits per heavy atom. The molecule has 0 spiro atoms. The fourth-order valence-corrected chi connectivity index (χ4v) is 1.52. The van der Waals surface area contributed by atoms with Crippen LogP contribution in [0.3, 0.4) is 0 Å². The highest BCUT2D eigenvalue weighted by molar-refractivity contribution is 6.02. The lowest BCUT2D eigenvalue weighted by molar-refractivity contribution is 0.0634. The first-order chi connectivity index (χ1) is 9.64. The van der Waals surface area contributed by atoms with Crippen molar-refractivity contribution in [2.75, 3.05) is 12.4 Å². The summed E-state index contributed by atoms with van der Waals surface area (Å²) in [4.78, 5) is 23.0. The number of carbonyl (C=O) groups excluding carboxylic acids is 2. The standard InChI is InChI=1S/C14H17F2NO4/c1-14(2,3)21-13(19)17-8-5-6-10(20-4)9(7-8)11(18)12(15)16/h5-7,12H,1-4H3,(H,17,19). The quantitative estimate of drug-likeness (QED) is 0.865. The number of rotatable bonds is 4. The monoisotopic (exact) mass is 301 g/mol. The Balaban J connectivity index is 2.98. The highest BCUT2D eigenvalue weighted by Gasteiger charge is 2.23. The Hall–Kier alpha value is -2.18. The number of Topliss-reactive ketones (excluding diaryl/α,β-unsaturated/α-hetero) is 1. The van der Waals surface area contributed by atoms with Crippen molar-refractivity contribution in [1.29, 1.82) is 0 Å². The van der Waals surface area contributed by atoms with Gasteiger partial charge in [0.25, 0.3) is 0 Å². The molecule has 0 aromatic heterocycles. The molecule has 1 amide bonds. The number of hydrogen-bond acceptors (Lipinski definition) is 4. The summed E-state index contributed by atoms with van der Waals surface area (Å²) in [6, 6.07) is 3.87. The SMILES string of the molecule is COc1ccc(NC(=O)OC(C)(C)C)cc1C(=O)C(F)F. The molecule has 0 aliphatic carbocycles. The van der Waals surface area contributed by atoms with Crippen molar-refractivity contribution in [3.8, 4) is 5.75 Å². The minimum absolute atomic E-state index is 0.00930. The summed E-state index contributed by atoms with van der Waals surface area (Å²) in [5.41, 5.74) is -0.840. The summed E-state index contributed by atoms with van der Waals surface area (Å²) in [5, 5.41) is 2.37. The number of methoxy groups -OCH3 is 1. The number of ketones is 1. The first-order valence-corrected chi connectivity index (χ1v) is 6.14. The summed E-state index contributed by atoms with van der Waals surface area (Å²) < 4.78 is 35.0. The Bertz CT molecular complexity index is 538. The van der Waals surface area contributed by atoms with Gasteiger partial charge in [-0.25, -0.2) is 13.6 Å². The molecule has 0 fully saturated rings. The number of carbonyl (C=O) groups is 2. The Morgan fingerprint density at radius 1 is 1.24 bits per heavy atom. The maximum Gasteiger partial charge on any atom is 0.412 e. The average molecular weight is 301 g/mol. The minimum atomic E-state index is -3.16. The Kier molecular flexibility index (Phi) is 5.23. The van der Waals surface area contributed by atoms with E-state index in [0.29, 0.717) is 0 Å². The fraction of sp³-hybridized carbons (Fsp3) is 0.429. The number of amides is 1. The van der Waals surface area contributed by atoms with Crippen LogP contribution < -0.4 is 10.1 Å². The van der Waals surface area contributed by atoms with Crippen LogP contribution in [-0.4, -0.2) is 31.0 Å². The Labute approximate surface area is 121 Å². The molecule has 1 aromatic carbocycles. The molecule has 116 valence electrons. The molecule has 0 atom stereocenters. The summed E-state index contributed by atoms with van der Waals surface area (Å²) in [6.07, 6.45) is -3.90. The van der Waals surface area contributed by atoms with E-state index in [0.717, 1.165) is 6.07 Å². The zero-order chi connectivity index (χ0) is 16.2. The van der Waals surface area contributed by atoms with Crippen molar-refractivity contribution in [3.63, 3.8) is 0 Å². The van der Waals surface area contributed by atoms with Crippen molar-refractivity contribution in [2.45, 2.75) is 32.8 Å². The molecule has 0 saturated carbocycles. The topological polar surface area (TPSA) is 64.6 Å². The first-order valence-electron chi connectivity index (χ1n) is 6.14. The molecule has 0 heterocycles. The predicted octanol–water partition coefficient (Wildman–Crippen LogP) is 3.49. The lowest BCUT2D eigenvalue weighted by atomic mass is 10.1. The van der Waals surface area contributed by atoms with Crippen molar-refractivity contribution in [2.24, 2.45) is 0 Å². The van der Waals surface area contributed by atoms with Gasteiger partial charge in [-0.3, -0.25) is 10.1 Å². The Morgan fingerprint density at radius 2 is 1.86 bits per heavy atom. The molecule has 0 radical (unpaired) electrons. The van der Waals surface area contributed by atoms with Gasteiger partial charge in [-0.15, -0.1) is 0 Å². The van der Waals surface area contributed by atoms with E-state index in [1.54, 1.807) is 20.8 Å². The molecule has 0 aliphatic heterocycles. The van der Waals surface area contributed by atoms with Gasteiger partial charge in [0.15, 0.2) is 0 Å². The second kappa shape index (κ2) is 6.51. The number of alkyl halides is 2. The molecule has 7 heteroatoms. The van der Waals surface area contributed by atoms with Crippen LogP contribution in [0.2, 0.25) is 0 Å². The van der Waals surface area contributed by atoms with Crippen LogP contribution in [0.15, 0.2) is 18.2 Å². The summed E-state index contributed by atoms with van der Waals surface area (Å²) in [5.74, 6) is -1.37. The largest absolute Gasteiger partial charge is 0.496 e. The number of hydrogen-bond donors (Lipinski definition) is 1. The maximum absolute atomic E-state index is 12.5. The minimum Gasteiger partial charge on any atom is -0.496 e. The molecule has 5 nitrogen and oxygen atoms in total. The third-order valence-electron chi connectivity index (χ3n) is 2.31. The van der Waals surface area contributed by atoms with Gasteiger partial charge in [-0.05, 0) is 39.0 Å². The summed E-state index contributed by atoms with van der Waals surface area (Å²) in [7, 11) is 1.26. The van der Waals surface area contributed by atoms with E-state index in [1.165, 1.54) is 19.2 Å². The van der Waals surface area contributed by atoms with Crippen LogP contribution >= 0.6 is 0 Å². The van der Waals surface area contributed by atoms with Crippen molar-refractivity contribution < 1.29 is 27.8 Å². The van der Waals surface area contributed by atoms with E-state index in [4.69, 9.17) is 9.47 Å². The van der Waals surface area contributed by atoms with Crippen LogP contribution in [0, 0.1) is 0 Å². The predicted molar refractivity (Wildman–Crippen MR) is 73.2 cm³/mol. The highest BCUT2D eigenvalue weighted by atomic mass is 19.3. The van der Waals surface area contributed by atoms with Crippen LogP contribution in [0.25, 0.3) is 0 Å². The lowest BCUT2D eigenvalue weighted by Gasteiger charge is -2.20. The molecule has 0 unspecified atom stereocenters. The van der Waals surface area contributed by atoms with E-state index in [-0.39, 0.29) is 17.0 Å². The summed E-state index contributed by atoms with van der Waals surface area (Å²) >= 11 is 0. The van der Waals surface area contributed by atoms with E-state index in [2.05, 4.69) is 5.32 Å². The zero-order valence-corrected chi connectivity index (χ0v) is 12.2. The van der Waals surface area contributed by atoms with Gasteiger partial charge in [0.1, 0.15) is 11.4 Å². The van der Waals surface area contributed by atoms with Gasteiger partial charge in [-0.1, -0.05) is 0 Å². The van der Waals surface area contributed by atoms with Gasteiger partial charge in [-0.2, -0.15) is 0 Å². The number of benzene rings is 1.